The Morgan fingerprint density at radius 3 is 2.06 bits per heavy atom. The molecule has 18 heavy (non-hydrogen) atoms. The number of carbonyl (C=O) groups is 1. The lowest BCUT2D eigenvalue weighted by Crippen LogP contribution is -2.30. The van der Waals surface area contributed by atoms with Crippen molar-refractivity contribution in [2.24, 2.45) is 0 Å². The number of aryl methyl sites for hydroxylation is 1. The molecular weight excluding hydrogens is 224 g/mol. The Hall–Kier alpha value is -2.09. The molecule has 0 N–H and O–H groups in total. The molecule has 0 saturated heterocycles. The van der Waals surface area contributed by atoms with Crippen molar-refractivity contribution >= 4 is 5.97 Å². The van der Waals surface area contributed by atoms with Gasteiger partial charge in [-0.2, -0.15) is 0 Å². The molecule has 0 unspecified atom stereocenters. The molecular formula is C16H15O2-. The first-order valence-corrected chi connectivity index (χ1v) is 6.07. The van der Waals surface area contributed by atoms with Crippen LogP contribution in [0.25, 0.3) is 0 Å². The molecule has 2 aromatic carbocycles. The van der Waals surface area contributed by atoms with E-state index in [1.165, 1.54) is 0 Å². The number of rotatable bonds is 5. The molecule has 1 atom stereocenters. The molecule has 2 nitrogen and oxygen atoms in total. The van der Waals surface area contributed by atoms with Crippen molar-refractivity contribution in [2.75, 3.05) is 0 Å². The minimum absolute atomic E-state index is 0.536. The minimum atomic E-state index is -1.00. The molecule has 2 rings (SSSR count). The van der Waals surface area contributed by atoms with Crippen molar-refractivity contribution in [1.29, 1.82) is 0 Å². The molecule has 0 radical (unpaired) electrons. The van der Waals surface area contributed by atoms with Gasteiger partial charge in [-0.1, -0.05) is 60.7 Å². The van der Waals surface area contributed by atoms with Crippen LogP contribution in [0.3, 0.4) is 0 Å². The Kier molecular flexibility index (Phi) is 4.13. The van der Waals surface area contributed by atoms with Crippen LogP contribution in [0.5, 0.6) is 0 Å². The van der Waals surface area contributed by atoms with Crippen LogP contribution >= 0.6 is 0 Å². The normalized spacial score (nSPS) is 12.0. The summed E-state index contributed by atoms with van der Waals surface area (Å²) in [4.78, 5) is 11.2. The first-order chi connectivity index (χ1) is 8.77. The van der Waals surface area contributed by atoms with E-state index in [4.69, 9.17) is 0 Å². The van der Waals surface area contributed by atoms with Crippen LogP contribution in [-0.4, -0.2) is 5.97 Å². The molecule has 0 aliphatic rings. The van der Waals surface area contributed by atoms with Crippen LogP contribution in [0, 0.1) is 0 Å². The summed E-state index contributed by atoms with van der Waals surface area (Å²) in [6.45, 7) is 0. The summed E-state index contributed by atoms with van der Waals surface area (Å²) in [6, 6.07) is 19.2. The quantitative estimate of drug-likeness (QED) is 0.802. The maximum atomic E-state index is 11.2. The van der Waals surface area contributed by atoms with E-state index in [1.807, 2.05) is 60.7 Å². The first kappa shape index (κ1) is 12.4. The fourth-order valence-electron chi connectivity index (χ4n) is 2.06. The number of aliphatic carboxylic acids is 1. The van der Waals surface area contributed by atoms with Crippen LogP contribution < -0.4 is 5.11 Å². The smallest absolute Gasteiger partial charge is 0.0489 e. The lowest BCUT2D eigenvalue weighted by Gasteiger charge is -2.18. The Morgan fingerprint density at radius 1 is 0.944 bits per heavy atom. The van der Waals surface area contributed by atoms with Gasteiger partial charge in [0.25, 0.3) is 0 Å². The number of hydrogen-bond donors (Lipinski definition) is 0. The van der Waals surface area contributed by atoms with Crippen molar-refractivity contribution in [3.63, 3.8) is 0 Å². The molecule has 0 heterocycles. The summed E-state index contributed by atoms with van der Waals surface area (Å²) in [5.74, 6) is -1.54. The third kappa shape index (κ3) is 3.20. The van der Waals surface area contributed by atoms with Crippen molar-refractivity contribution < 1.29 is 9.90 Å². The topological polar surface area (TPSA) is 40.1 Å². The number of benzene rings is 2. The summed E-state index contributed by atoms with van der Waals surface area (Å²) in [7, 11) is 0. The van der Waals surface area contributed by atoms with Gasteiger partial charge < -0.3 is 9.90 Å². The highest BCUT2D eigenvalue weighted by Gasteiger charge is 2.12. The molecule has 2 aromatic rings. The summed E-state index contributed by atoms with van der Waals surface area (Å²) in [5.41, 5.74) is 1.97. The molecule has 0 fully saturated rings. The third-order valence-electron chi connectivity index (χ3n) is 3.05. The first-order valence-electron chi connectivity index (χ1n) is 6.07. The standard InChI is InChI=1S/C16H16O2/c17-16(18)15(14-9-5-2-6-10-14)12-11-13-7-3-1-4-8-13/h1-10,15H,11-12H2,(H,17,18)/p-1/t15-/m0/s1. The fraction of sp³-hybridized carbons (Fsp3) is 0.188. The molecule has 0 bridgehead atoms. The van der Waals surface area contributed by atoms with Gasteiger partial charge in [-0.05, 0) is 24.0 Å². The SMILES string of the molecule is O=C([O-])[C@@H](CCc1ccccc1)c1ccccc1. The van der Waals surface area contributed by atoms with Crippen molar-refractivity contribution in [3.05, 3.63) is 71.8 Å². The van der Waals surface area contributed by atoms with Gasteiger partial charge in [-0.25, -0.2) is 0 Å². The molecule has 0 aliphatic heterocycles. The highest BCUT2D eigenvalue weighted by atomic mass is 16.4. The van der Waals surface area contributed by atoms with E-state index in [-0.39, 0.29) is 0 Å². The maximum Gasteiger partial charge on any atom is 0.0489 e. The van der Waals surface area contributed by atoms with Gasteiger partial charge in [0.1, 0.15) is 0 Å². The summed E-state index contributed by atoms with van der Waals surface area (Å²) in [6.07, 6.45) is 1.31. The van der Waals surface area contributed by atoms with Crippen molar-refractivity contribution in [2.45, 2.75) is 18.8 Å². The Bertz CT molecular complexity index is 491. The van der Waals surface area contributed by atoms with E-state index < -0.39 is 11.9 Å². The highest BCUT2D eigenvalue weighted by molar-refractivity contribution is 5.73. The van der Waals surface area contributed by atoms with Crippen LogP contribution in [0.2, 0.25) is 0 Å². The maximum absolute atomic E-state index is 11.2. The summed E-state index contributed by atoms with van der Waals surface area (Å²) >= 11 is 0. The number of carboxylic acid groups (broad SMARTS) is 1. The van der Waals surface area contributed by atoms with Gasteiger partial charge in [0.2, 0.25) is 0 Å². The molecule has 0 aromatic heterocycles. The predicted molar refractivity (Wildman–Crippen MR) is 69.0 cm³/mol. The van der Waals surface area contributed by atoms with Crippen LogP contribution in [0.15, 0.2) is 60.7 Å². The van der Waals surface area contributed by atoms with Gasteiger partial charge in [0.05, 0.1) is 0 Å². The van der Waals surface area contributed by atoms with Gasteiger partial charge >= 0.3 is 0 Å². The summed E-state index contributed by atoms with van der Waals surface area (Å²) in [5, 5.41) is 11.2. The minimum Gasteiger partial charge on any atom is -0.549 e. The van der Waals surface area contributed by atoms with E-state index in [9.17, 15) is 9.90 Å². The van der Waals surface area contributed by atoms with E-state index in [0.29, 0.717) is 6.42 Å². The van der Waals surface area contributed by atoms with Crippen LogP contribution in [0.4, 0.5) is 0 Å². The Balaban J connectivity index is 2.06. The monoisotopic (exact) mass is 239 g/mol. The Morgan fingerprint density at radius 2 is 1.50 bits per heavy atom. The lowest BCUT2D eigenvalue weighted by atomic mass is 9.92. The summed E-state index contributed by atoms with van der Waals surface area (Å²) < 4.78 is 0. The zero-order chi connectivity index (χ0) is 12.8. The van der Waals surface area contributed by atoms with Crippen molar-refractivity contribution in [3.8, 4) is 0 Å². The van der Waals surface area contributed by atoms with Crippen molar-refractivity contribution in [1.82, 2.24) is 0 Å². The Labute approximate surface area is 107 Å². The molecule has 0 aliphatic carbocycles. The van der Waals surface area contributed by atoms with Crippen LogP contribution in [0.1, 0.15) is 23.5 Å². The van der Waals surface area contributed by atoms with E-state index >= 15 is 0 Å². The highest BCUT2D eigenvalue weighted by Crippen LogP contribution is 2.21. The lowest BCUT2D eigenvalue weighted by molar-refractivity contribution is -0.308. The molecule has 2 heteroatoms. The molecule has 0 amide bonds. The van der Waals surface area contributed by atoms with E-state index in [2.05, 4.69) is 0 Å². The van der Waals surface area contributed by atoms with Gasteiger partial charge in [0, 0.05) is 11.9 Å². The molecule has 0 saturated carbocycles. The number of carbonyl (C=O) groups excluding carboxylic acids is 1. The third-order valence-corrected chi connectivity index (χ3v) is 3.05. The average molecular weight is 239 g/mol. The zero-order valence-electron chi connectivity index (χ0n) is 10.1. The molecule has 0 spiro atoms. The van der Waals surface area contributed by atoms with Gasteiger partial charge in [-0.3, -0.25) is 0 Å². The van der Waals surface area contributed by atoms with Gasteiger partial charge in [0.15, 0.2) is 0 Å². The van der Waals surface area contributed by atoms with E-state index in [0.717, 1.165) is 17.5 Å². The van der Waals surface area contributed by atoms with Gasteiger partial charge in [-0.15, -0.1) is 0 Å². The average Bonchev–Trinajstić information content (AvgIpc) is 2.41. The predicted octanol–water partition coefficient (Wildman–Crippen LogP) is 2.15. The second-order valence-corrected chi connectivity index (χ2v) is 4.31. The fourth-order valence-corrected chi connectivity index (χ4v) is 2.06. The van der Waals surface area contributed by atoms with E-state index in [1.54, 1.807) is 0 Å². The second-order valence-electron chi connectivity index (χ2n) is 4.31. The molecule has 92 valence electrons. The largest absolute Gasteiger partial charge is 0.549 e. The zero-order valence-corrected chi connectivity index (χ0v) is 10.1. The van der Waals surface area contributed by atoms with Crippen LogP contribution in [-0.2, 0) is 11.2 Å². The number of hydrogen-bond acceptors (Lipinski definition) is 2. The number of carboxylic acids is 1. The second kappa shape index (κ2) is 6.01.